The lowest BCUT2D eigenvalue weighted by atomic mass is 10.1. The average Bonchev–Trinajstić information content (AvgIpc) is 3.36. The number of halogens is 2. The zero-order valence-electron chi connectivity index (χ0n) is 23.2. The Hall–Kier alpha value is -2.98. The van der Waals surface area contributed by atoms with E-state index in [4.69, 9.17) is 37.4 Å². The number of hydrogen-bond acceptors (Lipinski definition) is 6. The molecule has 1 heterocycles. The van der Waals surface area contributed by atoms with Crippen LogP contribution in [0.2, 0.25) is 10.0 Å². The number of anilines is 1. The van der Waals surface area contributed by atoms with Crippen molar-refractivity contribution in [1.82, 2.24) is 9.80 Å². The second-order valence-corrected chi connectivity index (χ2v) is 10.9. The predicted molar refractivity (Wildman–Crippen MR) is 161 cm³/mol. The van der Waals surface area contributed by atoms with Crippen LogP contribution in [0.4, 0.5) is 10.5 Å². The summed E-state index contributed by atoms with van der Waals surface area (Å²) in [6.45, 7) is 3.57. The Labute approximate surface area is 249 Å². The van der Waals surface area contributed by atoms with Crippen molar-refractivity contribution in [3.8, 4) is 11.5 Å². The molecule has 0 unspecified atom stereocenters. The summed E-state index contributed by atoms with van der Waals surface area (Å²) < 4.78 is 16.0. The summed E-state index contributed by atoms with van der Waals surface area (Å²) >= 11 is 14.1. The highest BCUT2D eigenvalue weighted by molar-refractivity contribution is 7.10. The first-order valence-corrected chi connectivity index (χ1v) is 14.4. The van der Waals surface area contributed by atoms with E-state index in [0.29, 0.717) is 66.3 Å². The molecule has 40 heavy (non-hydrogen) atoms. The molecule has 0 atom stereocenters. The molecule has 0 radical (unpaired) electrons. The van der Waals surface area contributed by atoms with Gasteiger partial charge in [0.25, 0.3) is 0 Å². The van der Waals surface area contributed by atoms with Crippen molar-refractivity contribution in [3.05, 3.63) is 73.9 Å². The van der Waals surface area contributed by atoms with Gasteiger partial charge in [-0.05, 0) is 66.6 Å². The van der Waals surface area contributed by atoms with Gasteiger partial charge < -0.3 is 29.3 Å². The molecule has 0 aliphatic heterocycles. The van der Waals surface area contributed by atoms with Gasteiger partial charge in [-0.2, -0.15) is 0 Å². The molecule has 0 spiro atoms. The number of carbonyl (C=O) groups is 2. The molecule has 0 aliphatic rings. The van der Waals surface area contributed by atoms with E-state index in [9.17, 15) is 9.59 Å². The second-order valence-electron chi connectivity index (χ2n) is 9.08. The Morgan fingerprint density at radius 1 is 0.950 bits per heavy atom. The fourth-order valence-corrected chi connectivity index (χ4v) is 5.46. The number of nitrogens with one attached hydrogen (secondary N) is 1. The quantitative estimate of drug-likeness (QED) is 0.211. The number of carbonyl (C=O) groups excluding carboxylic acids is 2. The van der Waals surface area contributed by atoms with Crippen molar-refractivity contribution in [2.24, 2.45) is 0 Å². The number of para-hydroxylation sites is 1. The van der Waals surface area contributed by atoms with Crippen molar-refractivity contribution in [3.63, 3.8) is 0 Å². The highest BCUT2D eigenvalue weighted by atomic mass is 35.5. The maximum Gasteiger partial charge on any atom is 0.322 e. The molecule has 3 amide bonds. The van der Waals surface area contributed by atoms with Crippen LogP contribution < -0.4 is 14.8 Å². The molecule has 0 bridgehead atoms. The first-order chi connectivity index (χ1) is 19.3. The highest BCUT2D eigenvalue weighted by Crippen LogP contribution is 2.30. The van der Waals surface area contributed by atoms with E-state index in [-0.39, 0.29) is 12.5 Å². The van der Waals surface area contributed by atoms with E-state index in [1.807, 2.05) is 36.6 Å². The number of ether oxygens (including phenoxy) is 3. The van der Waals surface area contributed by atoms with Crippen molar-refractivity contribution >= 4 is 52.2 Å². The summed E-state index contributed by atoms with van der Waals surface area (Å²) in [5, 5.41) is 5.41. The molecule has 8 nitrogen and oxygen atoms in total. The SMILES string of the molecule is COCCCN(CC(=O)N(CCc1ccc(OC)c(OC)c1)Cc1sccc1C)C(=O)Nc1c(Cl)cccc1Cl. The van der Waals surface area contributed by atoms with Crippen LogP contribution in [0, 0.1) is 6.92 Å². The third-order valence-corrected chi connectivity index (χ3v) is 8.00. The van der Waals surface area contributed by atoms with E-state index in [1.54, 1.807) is 55.8 Å². The van der Waals surface area contributed by atoms with Gasteiger partial charge >= 0.3 is 6.03 Å². The van der Waals surface area contributed by atoms with E-state index in [2.05, 4.69) is 5.32 Å². The normalized spacial score (nSPS) is 10.8. The first-order valence-electron chi connectivity index (χ1n) is 12.8. The fourth-order valence-electron chi connectivity index (χ4n) is 4.05. The lowest BCUT2D eigenvalue weighted by Crippen LogP contribution is -2.45. The maximum atomic E-state index is 13.7. The van der Waals surface area contributed by atoms with Crippen LogP contribution in [0.3, 0.4) is 0 Å². The summed E-state index contributed by atoms with van der Waals surface area (Å²) in [5.41, 5.74) is 2.43. The number of urea groups is 1. The standard InChI is InChI=1S/C29H35Cl2N3O5S/c1-20-12-16-40-26(20)18-33(14-11-21-9-10-24(38-3)25(17-21)39-4)27(35)19-34(13-6-15-37-2)29(36)32-28-22(30)7-5-8-23(28)31/h5,7-10,12,16-17H,6,11,13-15,18-19H2,1-4H3,(H,32,36). The lowest BCUT2D eigenvalue weighted by molar-refractivity contribution is -0.132. The van der Waals surface area contributed by atoms with Crippen molar-refractivity contribution in [1.29, 1.82) is 0 Å². The molecule has 216 valence electrons. The average molecular weight is 609 g/mol. The molecule has 3 aromatic rings. The molecule has 1 aromatic heterocycles. The third kappa shape index (κ3) is 8.76. The van der Waals surface area contributed by atoms with E-state index < -0.39 is 6.03 Å². The molecule has 0 fully saturated rings. The molecule has 0 aliphatic carbocycles. The van der Waals surface area contributed by atoms with Crippen LogP contribution in [0.25, 0.3) is 0 Å². The smallest absolute Gasteiger partial charge is 0.322 e. The highest BCUT2D eigenvalue weighted by Gasteiger charge is 2.23. The largest absolute Gasteiger partial charge is 0.493 e. The Morgan fingerprint density at radius 3 is 2.30 bits per heavy atom. The van der Waals surface area contributed by atoms with Gasteiger partial charge in [0, 0.05) is 31.7 Å². The molecule has 0 saturated carbocycles. The van der Waals surface area contributed by atoms with Gasteiger partial charge in [-0.3, -0.25) is 4.79 Å². The number of nitrogens with zero attached hydrogens (tertiary/aromatic N) is 2. The lowest BCUT2D eigenvalue weighted by Gasteiger charge is -2.28. The van der Waals surface area contributed by atoms with Crippen LogP contribution in [0.5, 0.6) is 11.5 Å². The minimum absolute atomic E-state index is 0.117. The molecular formula is C29H35Cl2N3O5S. The maximum absolute atomic E-state index is 13.7. The summed E-state index contributed by atoms with van der Waals surface area (Å²) in [7, 11) is 4.78. The van der Waals surface area contributed by atoms with Gasteiger partial charge in [-0.15, -0.1) is 11.3 Å². The Morgan fingerprint density at radius 2 is 1.68 bits per heavy atom. The zero-order valence-corrected chi connectivity index (χ0v) is 25.5. The van der Waals surface area contributed by atoms with Gasteiger partial charge in [0.15, 0.2) is 11.5 Å². The molecule has 3 rings (SSSR count). The minimum atomic E-state index is -0.466. The zero-order chi connectivity index (χ0) is 29.1. The summed E-state index contributed by atoms with van der Waals surface area (Å²) in [4.78, 5) is 31.4. The molecule has 2 aromatic carbocycles. The summed E-state index contributed by atoms with van der Waals surface area (Å²) in [5.74, 6) is 1.10. The Kier molecular flexibility index (Phi) is 12.4. The van der Waals surface area contributed by atoms with Gasteiger partial charge in [-0.1, -0.05) is 35.3 Å². The Bertz CT molecular complexity index is 1270. The van der Waals surface area contributed by atoms with E-state index >= 15 is 0 Å². The van der Waals surface area contributed by atoms with Gasteiger partial charge in [-0.25, -0.2) is 4.79 Å². The summed E-state index contributed by atoms with van der Waals surface area (Å²) in [6.07, 6.45) is 1.16. The monoisotopic (exact) mass is 607 g/mol. The van der Waals surface area contributed by atoms with Crippen LogP contribution in [-0.4, -0.2) is 69.3 Å². The topological polar surface area (TPSA) is 80.3 Å². The van der Waals surface area contributed by atoms with Gasteiger partial charge in [0.2, 0.25) is 5.91 Å². The fraction of sp³-hybridized carbons (Fsp3) is 0.379. The number of thiophene rings is 1. The third-order valence-electron chi connectivity index (χ3n) is 6.36. The Balaban J connectivity index is 1.80. The van der Waals surface area contributed by atoms with Crippen molar-refractivity contribution in [2.75, 3.05) is 52.9 Å². The minimum Gasteiger partial charge on any atom is -0.493 e. The number of benzene rings is 2. The van der Waals surface area contributed by atoms with E-state index in [1.165, 1.54) is 4.90 Å². The second kappa shape index (κ2) is 15.7. The number of aryl methyl sites for hydroxylation is 1. The molecule has 0 saturated heterocycles. The number of methoxy groups -OCH3 is 3. The van der Waals surface area contributed by atoms with Crippen molar-refractivity contribution in [2.45, 2.75) is 26.3 Å². The number of amides is 3. The van der Waals surface area contributed by atoms with E-state index in [0.717, 1.165) is 16.0 Å². The van der Waals surface area contributed by atoms with Crippen LogP contribution in [0.15, 0.2) is 47.8 Å². The molecule has 1 N–H and O–H groups in total. The van der Waals surface area contributed by atoms with Gasteiger partial charge in [0.1, 0.15) is 6.54 Å². The predicted octanol–water partition coefficient (Wildman–Crippen LogP) is 6.52. The molecule has 11 heteroatoms. The van der Waals surface area contributed by atoms with Crippen molar-refractivity contribution < 1.29 is 23.8 Å². The van der Waals surface area contributed by atoms with Gasteiger partial charge in [0.05, 0.1) is 36.5 Å². The molecular weight excluding hydrogens is 573 g/mol. The summed E-state index contributed by atoms with van der Waals surface area (Å²) in [6, 6.07) is 12.3. The first kappa shape index (κ1) is 31.5. The number of rotatable bonds is 14. The van der Waals surface area contributed by atoms with Crippen LogP contribution in [-0.2, 0) is 22.5 Å². The number of hydrogen-bond donors (Lipinski definition) is 1. The van der Waals surface area contributed by atoms with Crippen LogP contribution >= 0.6 is 34.5 Å². The van der Waals surface area contributed by atoms with Crippen LogP contribution in [0.1, 0.15) is 22.4 Å².